The van der Waals surface area contributed by atoms with E-state index in [0.717, 1.165) is 18.4 Å². The summed E-state index contributed by atoms with van der Waals surface area (Å²) in [6.07, 6.45) is 1.90. The Morgan fingerprint density at radius 2 is 2.19 bits per heavy atom. The molecule has 3 rings (SSSR count). The number of morpholine rings is 1. The summed E-state index contributed by atoms with van der Waals surface area (Å²) >= 11 is 1.61. The zero-order chi connectivity index (χ0) is 15.0. The fourth-order valence-electron chi connectivity index (χ4n) is 2.65. The van der Waals surface area contributed by atoms with Gasteiger partial charge in [-0.3, -0.25) is 0 Å². The third kappa shape index (κ3) is 3.32. The van der Waals surface area contributed by atoms with Gasteiger partial charge in [-0.25, -0.2) is 0 Å². The van der Waals surface area contributed by atoms with Gasteiger partial charge in [-0.2, -0.15) is 28.4 Å². The molecule has 5 nitrogen and oxygen atoms in total. The average Bonchev–Trinajstić information content (AvgIpc) is 3.14. The molecule has 21 heavy (non-hydrogen) atoms. The van der Waals surface area contributed by atoms with Crippen molar-refractivity contribution in [1.29, 1.82) is 0 Å². The summed E-state index contributed by atoms with van der Waals surface area (Å²) in [5.74, 6) is 0. The van der Waals surface area contributed by atoms with Crippen LogP contribution in [-0.2, 0) is 21.5 Å². The molecular formula is C14H22N2O3S2. The molecule has 7 heteroatoms. The van der Waals surface area contributed by atoms with E-state index in [9.17, 15) is 8.42 Å². The molecule has 0 amide bonds. The van der Waals surface area contributed by atoms with E-state index in [1.807, 2.05) is 30.7 Å². The van der Waals surface area contributed by atoms with Crippen molar-refractivity contribution in [2.24, 2.45) is 0 Å². The molecule has 2 atom stereocenters. The molecule has 1 aromatic heterocycles. The Hall–Kier alpha value is -0.470. The molecule has 0 spiro atoms. The highest BCUT2D eigenvalue weighted by Crippen LogP contribution is 2.33. The fraction of sp³-hybridized carbons (Fsp3) is 0.714. The van der Waals surface area contributed by atoms with Crippen molar-refractivity contribution in [2.45, 2.75) is 51.4 Å². The molecule has 0 N–H and O–H groups in total. The van der Waals surface area contributed by atoms with E-state index in [1.165, 1.54) is 0 Å². The van der Waals surface area contributed by atoms with Gasteiger partial charge in [-0.05, 0) is 49.1 Å². The second kappa shape index (κ2) is 5.96. The molecule has 2 aliphatic rings. The predicted octanol–water partition coefficient (Wildman–Crippen LogP) is 2.07. The van der Waals surface area contributed by atoms with Crippen LogP contribution in [0.5, 0.6) is 0 Å². The van der Waals surface area contributed by atoms with Crippen LogP contribution in [0, 0.1) is 0 Å². The van der Waals surface area contributed by atoms with Crippen molar-refractivity contribution >= 4 is 21.5 Å². The van der Waals surface area contributed by atoms with Crippen LogP contribution >= 0.6 is 11.3 Å². The maximum atomic E-state index is 13.0. The van der Waals surface area contributed by atoms with E-state index in [2.05, 4.69) is 0 Å². The normalized spacial score (nSPS) is 28.1. The summed E-state index contributed by atoms with van der Waals surface area (Å²) < 4.78 is 35.0. The van der Waals surface area contributed by atoms with Crippen molar-refractivity contribution < 1.29 is 13.2 Å². The van der Waals surface area contributed by atoms with E-state index in [1.54, 1.807) is 19.9 Å². The van der Waals surface area contributed by atoms with Crippen molar-refractivity contribution in [3.8, 4) is 0 Å². The molecule has 1 saturated heterocycles. The van der Waals surface area contributed by atoms with Gasteiger partial charge in [0.1, 0.15) is 0 Å². The number of hydrogen-bond donors (Lipinski definition) is 0. The molecular weight excluding hydrogens is 308 g/mol. The van der Waals surface area contributed by atoms with E-state index in [-0.39, 0.29) is 18.2 Å². The second-order valence-electron chi connectivity index (χ2n) is 5.98. The summed E-state index contributed by atoms with van der Waals surface area (Å²) in [5, 5.41) is 4.02. The Morgan fingerprint density at radius 1 is 1.43 bits per heavy atom. The Morgan fingerprint density at radius 3 is 2.81 bits per heavy atom. The molecule has 1 aliphatic heterocycles. The maximum Gasteiger partial charge on any atom is 0.282 e. The molecule has 1 saturated carbocycles. The van der Waals surface area contributed by atoms with Crippen molar-refractivity contribution in [2.75, 3.05) is 13.2 Å². The van der Waals surface area contributed by atoms with E-state index >= 15 is 0 Å². The minimum Gasteiger partial charge on any atom is -0.375 e. The highest BCUT2D eigenvalue weighted by Gasteiger charge is 2.43. The molecule has 0 bridgehead atoms. The number of ether oxygens (including phenoxy) is 1. The van der Waals surface area contributed by atoms with Crippen LogP contribution in [0.2, 0.25) is 0 Å². The molecule has 2 heterocycles. The number of hydrogen-bond acceptors (Lipinski definition) is 4. The number of nitrogens with zero attached hydrogens (tertiary/aromatic N) is 2. The van der Waals surface area contributed by atoms with Gasteiger partial charge in [0.25, 0.3) is 10.2 Å². The van der Waals surface area contributed by atoms with Gasteiger partial charge in [-0.1, -0.05) is 0 Å². The Balaban J connectivity index is 1.83. The van der Waals surface area contributed by atoms with Gasteiger partial charge in [0.05, 0.1) is 12.7 Å². The smallest absolute Gasteiger partial charge is 0.282 e. The lowest BCUT2D eigenvalue weighted by molar-refractivity contribution is -0.0192. The lowest BCUT2D eigenvalue weighted by Gasteiger charge is -2.38. The van der Waals surface area contributed by atoms with Gasteiger partial charge >= 0.3 is 0 Å². The first kappa shape index (κ1) is 15.4. The van der Waals surface area contributed by atoms with Crippen LogP contribution in [0.25, 0.3) is 0 Å². The van der Waals surface area contributed by atoms with Crippen LogP contribution < -0.4 is 0 Å². The van der Waals surface area contributed by atoms with Gasteiger partial charge in [0.15, 0.2) is 0 Å². The molecule has 2 fully saturated rings. The first-order chi connectivity index (χ1) is 9.98. The maximum absolute atomic E-state index is 13.0. The first-order valence-corrected chi connectivity index (χ1v) is 9.73. The highest BCUT2D eigenvalue weighted by molar-refractivity contribution is 7.86. The zero-order valence-corrected chi connectivity index (χ0v) is 14.1. The van der Waals surface area contributed by atoms with Crippen molar-refractivity contribution in [3.63, 3.8) is 0 Å². The zero-order valence-electron chi connectivity index (χ0n) is 12.4. The standard InChI is InChI=1S/C14H22N2O3S2/c1-11-9-19-12(2)7-15(11)21(17,18)16(14-3-4-14)8-13-5-6-20-10-13/h5-6,10-12,14H,3-4,7-9H2,1-2H3. The Labute approximate surface area is 130 Å². The van der Waals surface area contributed by atoms with Crippen LogP contribution in [-0.4, -0.2) is 48.4 Å². The van der Waals surface area contributed by atoms with Crippen LogP contribution in [0.15, 0.2) is 16.8 Å². The van der Waals surface area contributed by atoms with Gasteiger partial charge in [0.2, 0.25) is 0 Å². The lowest BCUT2D eigenvalue weighted by Crippen LogP contribution is -2.55. The molecule has 118 valence electrons. The second-order valence-corrected chi connectivity index (χ2v) is 8.59. The summed E-state index contributed by atoms with van der Waals surface area (Å²) in [5.41, 5.74) is 1.07. The van der Waals surface area contributed by atoms with E-state index in [4.69, 9.17) is 4.74 Å². The van der Waals surface area contributed by atoms with Crippen LogP contribution in [0.3, 0.4) is 0 Å². The number of thiophene rings is 1. The molecule has 1 aromatic rings. The molecule has 2 unspecified atom stereocenters. The summed E-state index contributed by atoms with van der Waals surface area (Å²) in [7, 11) is -3.43. The first-order valence-electron chi connectivity index (χ1n) is 7.40. The monoisotopic (exact) mass is 330 g/mol. The van der Waals surface area contributed by atoms with E-state index < -0.39 is 10.2 Å². The minimum atomic E-state index is -3.43. The van der Waals surface area contributed by atoms with Crippen molar-refractivity contribution in [1.82, 2.24) is 8.61 Å². The Kier molecular flexibility index (Phi) is 4.38. The molecule has 0 aromatic carbocycles. The van der Waals surface area contributed by atoms with E-state index in [0.29, 0.717) is 19.7 Å². The molecule has 1 aliphatic carbocycles. The topological polar surface area (TPSA) is 49.9 Å². The van der Waals surface area contributed by atoms with Crippen molar-refractivity contribution in [3.05, 3.63) is 22.4 Å². The Bertz CT molecular complexity index is 569. The largest absolute Gasteiger partial charge is 0.375 e. The quantitative estimate of drug-likeness (QED) is 0.830. The third-order valence-corrected chi connectivity index (χ3v) is 6.87. The SMILES string of the molecule is CC1CN(S(=O)(=O)N(Cc2ccsc2)C2CC2)C(C)CO1. The average molecular weight is 330 g/mol. The molecule has 0 radical (unpaired) electrons. The van der Waals surface area contributed by atoms with Gasteiger partial charge in [-0.15, -0.1) is 0 Å². The fourth-order valence-corrected chi connectivity index (χ4v) is 5.40. The van der Waals surface area contributed by atoms with Gasteiger partial charge in [0, 0.05) is 25.2 Å². The predicted molar refractivity (Wildman–Crippen MR) is 83.4 cm³/mol. The summed E-state index contributed by atoms with van der Waals surface area (Å²) in [6, 6.07) is 2.07. The van der Waals surface area contributed by atoms with Gasteiger partial charge < -0.3 is 4.74 Å². The minimum absolute atomic E-state index is 0.0434. The van der Waals surface area contributed by atoms with Crippen LogP contribution in [0.1, 0.15) is 32.3 Å². The summed E-state index contributed by atoms with van der Waals surface area (Å²) in [6.45, 7) is 5.23. The lowest BCUT2D eigenvalue weighted by atomic mass is 10.2. The number of rotatable bonds is 5. The highest BCUT2D eigenvalue weighted by atomic mass is 32.2. The third-order valence-electron chi connectivity index (χ3n) is 4.02. The summed E-state index contributed by atoms with van der Waals surface area (Å²) in [4.78, 5) is 0. The van der Waals surface area contributed by atoms with Crippen LogP contribution in [0.4, 0.5) is 0 Å².